The number of hydrogen-bond donors (Lipinski definition) is 2. The van der Waals surface area contributed by atoms with Gasteiger partial charge in [-0.25, -0.2) is 9.78 Å². The van der Waals surface area contributed by atoms with Gasteiger partial charge in [0.15, 0.2) is 0 Å². The Labute approximate surface area is 145 Å². The Bertz CT molecular complexity index is 883. The zero-order chi connectivity index (χ0) is 17.2. The Morgan fingerprint density at radius 1 is 1.04 bits per heavy atom. The number of rotatable bonds is 4. The van der Waals surface area contributed by atoms with Crippen molar-refractivity contribution >= 4 is 22.7 Å². The number of aromatic amines is 1. The second-order valence-corrected chi connectivity index (χ2v) is 6.29. The second-order valence-electron chi connectivity index (χ2n) is 6.29. The number of anilines is 1. The summed E-state index contributed by atoms with van der Waals surface area (Å²) in [6.45, 7) is 4.57. The lowest BCUT2D eigenvalue weighted by molar-refractivity contribution is 0.0699. The van der Waals surface area contributed by atoms with Gasteiger partial charge < -0.3 is 15.0 Å². The monoisotopic (exact) mass is 336 g/mol. The van der Waals surface area contributed by atoms with E-state index < -0.39 is 5.97 Å². The summed E-state index contributed by atoms with van der Waals surface area (Å²) in [5, 5.41) is 9.28. The van der Waals surface area contributed by atoms with Crippen LogP contribution in [0.3, 0.4) is 0 Å². The molecule has 4 rings (SSSR count). The number of aromatic carboxylic acids is 1. The number of piperazine rings is 1. The van der Waals surface area contributed by atoms with E-state index in [4.69, 9.17) is 0 Å². The molecule has 1 aliphatic rings. The van der Waals surface area contributed by atoms with Gasteiger partial charge in [-0.15, -0.1) is 0 Å². The minimum Gasteiger partial charge on any atom is -0.478 e. The molecule has 0 radical (unpaired) electrons. The molecule has 2 N–H and O–H groups in total. The number of nitrogens with one attached hydrogen (secondary N) is 1. The Morgan fingerprint density at radius 2 is 1.80 bits per heavy atom. The number of nitrogens with zero attached hydrogens (tertiary/aromatic N) is 3. The summed E-state index contributed by atoms with van der Waals surface area (Å²) in [6, 6.07) is 15.6. The molecule has 0 unspecified atom stereocenters. The maximum Gasteiger partial charge on any atom is 0.337 e. The van der Waals surface area contributed by atoms with Crippen molar-refractivity contribution < 1.29 is 9.90 Å². The Morgan fingerprint density at radius 3 is 2.52 bits per heavy atom. The van der Waals surface area contributed by atoms with Gasteiger partial charge in [0.1, 0.15) is 11.3 Å². The van der Waals surface area contributed by atoms with Crippen molar-refractivity contribution in [3.63, 3.8) is 0 Å². The molecule has 25 heavy (non-hydrogen) atoms. The number of para-hydroxylation sites is 2. The van der Waals surface area contributed by atoms with E-state index in [2.05, 4.69) is 44.0 Å². The zero-order valence-corrected chi connectivity index (χ0v) is 13.9. The average molecular weight is 336 g/mol. The molecule has 0 bridgehead atoms. The Hall–Kier alpha value is -2.86. The fraction of sp³-hybridized carbons (Fsp3) is 0.263. The van der Waals surface area contributed by atoms with Gasteiger partial charge >= 0.3 is 5.97 Å². The van der Waals surface area contributed by atoms with Gasteiger partial charge in [0.2, 0.25) is 0 Å². The summed E-state index contributed by atoms with van der Waals surface area (Å²) in [7, 11) is 0. The van der Waals surface area contributed by atoms with Crippen LogP contribution >= 0.6 is 0 Å². The molecule has 1 fully saturated rings. The highest BCUT2D eigenvalue weighted by Gasteiger charge is 2.19. The third-order valence-electron chi connectivity index (χ3n) is 4.66. The van der Waals surface area contributed by atoms with Crippen molar-refractivity contribution in [3.05, 3.63) is 59.9 Å². The topological polar surface area (TPSA) is 72.5 Å². The van der Waals surface area contributed by atoms with Crippen molar-refractivity contribution in [1.82, 2.24) is 14.9 Å². The smallest absolute Gasteiger partial charge is 0.337 e. The Balaban J connectivity index is 1.44. The van der Waals surface area contributed by atoms with E-state index in [1.165, 1.54) is 5.69 Å². The number of H-pyrrole nitrogens is 1. The third-order valence-corrected chi connectivity index (χ3v) is 4.66. The standard InChI is InChI=1S/C19H20N4O2/c24-19(25)15-7-4-8-16-18(15)21-17(20-16)13-22-9-11-23(12-10-22)14-5-2-1-3-6-14/h1-8H,9-13H2,(H,20,21)(H,24,25). The summed E-state index contributed by atoms with van der Waals surface area (Å²) in [5.74, 6) is -0.128. The summed E-state index contributed by atoms with van der Waals surface area (Å²) >= 11 is 0. The molecule has 6 nitrogen and oxygen atoms in total. The van der Waals surface area contributed by atoms with Crippen LogP contribution in [0, 0.1) is 0 Å². The Kier molecular flexibility index (Phi) is 4.11. The van der Waals surface area contributed by atoms with Crippen molar-refractivity contribution in [2.24, 2.45) is 0 Å². The molecule has 0 atom stereocenters. The lowest BCUT2D eigenvalue weighted by Gasteiger charge is -2.35. The summed E-state index contributed by atoms with van der Waals surface area (Å²) in [6.07, 6.45) is 0. The highest BCUT2D eigenvalue weighted by Crippen LogP contribution is 2.19. The molecule has 1 aromatic heterocycles. The molecule has 0 saturated carbocycles. The molecule has 0 spiro atoms. The van der Waals surface area contributed by atoms with Gasteiger partial charge in [-0.05, 0) is 24.3 Å². The average Bonchev–Trinajstić information content (AvgIpc) is 3.05. The first kappa shape index (κ1) is 15.7. The maximum atomic E-state index is 11.3. The molecule has 3 aromatic rings. The molecule has 0 amide bonds. The fourth-order valence-electron chi connectivity index (χ4n) is 3.35. The number of hydrogen-bond acceptors (Lipinski definition) is 4. The highest BCUT2D eigenvalue weighted by molar-refractivity contribution is 6.00. The molecular weight excluding hydrogens is 316 g/mol. The largest absolute Gasteiger partial charge is 0.478 e. The minimum atomic E-state index is -0.944. The van der Waals surface area contributed by atoms with Gasteiger partial charge in [-0.3, -0.25) is 4.90 Å². The third kappa shape index (κ3) is 3.21. The van der Waals surface area contributed by atoms with Crippen molar-refractivity contribution in [3.8, 4) is 0 Å². The maximum absolute atomic E-state index is 11.3. The first-order valence-electron chi connectivity index (χ1n) is 8.44. The van der Waals surface area contributed by atoms with Gasteiger partial charge in [-0.2, -0.15) is 0 Å². The SMILES string of the molecule is O=C(O)c1cccc2[nH]c(CN3CCN(c4ccccc4)CC3)nc12. The molecule has 6 heteroatoms. The number of fused-ring (bicyclic) bond motifs is 1. The van der Waals surface area contributed by atoms with Crippen LogP contribution in [-0.4, -0.2) is 52.1 Å². The molecule has 128 valence electrons. The number of aromatic nitrogens is 2. The van der Waals surface area contributed by atoms with Crippen LogP contribution in [0.5, 0.6) is 0 Å². The lowest BCUT2D eigenvalue weighted by atomic mass is 10.2. The van der Waals surface area contributed by atoms with Crippen molar-refractivity contribution in [1.29, 1.82) is 0 Å². The summed E-state index contributed by atoms with van der Waals surface area (Å²) in [4.78, 5) is 23.8. The van der Waals surface area contributed by atoms with Crippen molar-refractivity contribution in [2.45, 2.75) is 6.54 Å². The molecule has 2 heterocycles. The van der Waals surface area contributed by atoms with Gasteiger partial charge in [0.05, 0.1) is 17.6 Å². The molecule has 1 aliphatic heterocycles. The second kappa shape index (κ2) is 6.57. The van der Waals surface area contributed by atoms with E-state index in [1.54, 1.807) is 12.1 Å². The molecule has 0 aliphatic carbocycles. The summed E-state index contributed by atoms with van der Waals surface area (Å²) < 4.78 is 0. The number of carbonyl (C=O) groups is 1. The quantitative estimate of drug-likeness (QED) is 0.766. The van der Waals surface area contributed by atoms with E-state index in [9.17, 15) is 9.90 Å². The van der Waals surface area contributed by atoms with Crippen LogP contribution in [0.1, 0.15) is 16.2 Å². The van der Waals surface area contributed by atoms with Crippen LogP contribution in [0.2, 0.25) is 0 Å². The zero-order valence-electron chi connectivity index (χ0n) is 13.9. The van der Waals surface area contributed by atoms with E-state index >= 15 is 0 Å². The van der Waals surface area contributed by atoms with Crippen LogP contribution < -0.4 is 4.90 Å². The first-order chi connectivity index (χ1) is 12.2. The van der Waals surface area contributed by atoms with E-state index in [-0.39, 0.29) is 5.56 Å². The van der Waals surface area contributed by atoms with Crippen LogP contribution in [0.4, 0.5) is 5.69 Å². The summed E-state index contributed by atoms with van der Waals surface area (Å²) in [5.41, 5.74) is 2.82. The number of carboxylic acids is 1. The van der Waals surface area contributed by atoms with Crippen LogP contribution in [-0.2, 0) is 6.54 Å². The molecule has 2 aromatic carbocycles. The normalized spacial score (nSPS) is 15.6. The van der Waals surface area contributed by atoms with E-state index in [0.29, 0.717) is 12.1 Å². The van der Waals surface area contributed by atoms with Gasteiger partial charge in [0, 0.05) is 31.9 Å². The molecular formula is C19H20N4O2. The fourth-order valence-corrected chi connectivity index (χ4v) is 3.35. The first-order valence-corrected chi connectivity index (χ1v) is 8.44. The number of benzene rings is 2. The van der Waals surface area contributed by atoms with Gasteiger partial charge in [0.25, 0.3) is 0 Å². The lowest BCUT2D eigenvalue weighted by Crippen LogP contribution is -2.46. The van der Waals surface area contributed by atoms with E-state index in [1.807, 2.05) is 12.1 Å². The molecule has 1 saturated heterocycles. The van der Waals surface area contributed by atoms with Crippen LogP contribution in [0.15, 0.2) is 48.5 Å². The number of imidazole rings is 1. The minimum absolute atomic E-state index is 0.244. The van der Waals surface area contributed by atoms with Crippen LogP contribution in [0.25, 0.3) is 11.0 Å². The van der Waals surface area contributed by atoms with Crippen molar-refractivity contribution in [2.75, 3.05) is 31.1 Å². The predicted octanol–water partition coefficient (Wildman–Crippen LogP) is 2.58. The van der Waals surface area contributed by atoms with Gasteiger partial charge in [-0.1, -0.05) is 24.3 Å². The predicted molar refractivity (Wildman–Crippen MR) is 97.0 cm³/mol. The number of carboxylic acid groups (broad SMARTS) is 1. The van der Waals surface area contributed by atoms with E-state index in [0.717, 1.165) is 37.5 Å². The highest BCUT2D eigenvalue weighted by atomic mass is 16.4.